The Labute approximate surface area is 213 Å². The van der Waals surface area contributed by atoms with Crippen molar-refractivity contribution in [1.29, 1.82) is 0 Å². The van der Waals surface area contributed by atoms with Gasteiger partial charge in [-0.05, 0) is 68.5 Å². The number of likely N-dealkylation sites (tertiary alicyclic amines) is 1. The zero-order chi connectivity index (χ0) is 25.0. The van der Waals surface area contributed by atoms with Crippen molar-refractivity contribution in [3.8, 4) is 5.75 Å². The Morgan fingerprint density at radius 3 is 2.60 bits per heavy atom. The number of pyridine rings is 1. The average molecular weight is 502 g/mol. The number of amides is 1. The number of benzene rings is 1. The number of hydrogen-bond donors (Lipinski definition) is 1. The number of rotatable bonds is 7. The fourth-order valence-electron chi connectivity index (χ4n) is 4.91. The SMILES string of the molecule is Cc1cccnc1CN1CCOC(COc2cc(C)c(Cl)c(C)c2)(CC(=O)N2CCC(O)CC2)C1. The topological polar surface area (TPSA) is 75.1 Å². The van der Waals surface area contributed by atoms with Crippen LogP contribution in [0.2, 0.25) is 5.02 Å². The molecule has 3 heterocycles. The molecule has 1 aromatic heterocycles. The molecule has 1 atom stereocenters. The van der Waals surface area contributed by atoms with Gasteiger partial charge in [-0.2, -0.15) is 0 Å². The van der Waals surface area contributed by atoms with Crippen LogP contribution in [0.4, 0.5) is 0 Å². The lowest BCUT2D eigenvalue weighted by Gasteiger charge is -2.43. The van der Waals surface area contributed by atoms with Gasteiger partial charge in [-0.25, -0.2) is 0 Å². The van der Waals surface area contributed by atoms with Crippen LogP contribution in [0, 0.1) is 20.8 Å². The number of aliphatic hydroxyl groups is 1. The summed E-state index contributed by atoms with van der Waals surface area (Å²) in [6.45, 7) is 9.93. The van der Waals surface area contributed by atoms with Gasteiger partial charge in [0.15, 0.2) is 0 Å². The van der Waals surface area contributed by atoms with Crippen LogP contribution in [-0.2, 0) is 16.1 Å². The van der Waals surface area contributed by atoms with E-state index in [2.05, 4.69) is 22.9 Å². The normalized spacial score (nSPS) is 21.8. The number of ether oxygens (including phenoxy) is 2. The zero-order valence-electron chi connectivity index (χ0n) is 20.9. The fraction of sp³-hybridized carbons (Fsp3) is 0.556. The summed E-state index contributed by atoms with van der Waals surface area (Å²) < 4.78 is 12.6. The Morgan fingerprint density at radius 1 is 1.20 bits per heavy atom. The number of aryl methyl sites for hydroxylation is 3. The first-order valence-corrected chi connectivity index (χ1v) is 12.7. The zero-order valence-corrected chi connectivity index (χ0v) is 21.7. The standard InChI is InChI=1S/C27H36ClN3O4/c1-19-5-4-8-29-24(19)16-30-11-12-35-27(17-30,15-25(33)31-9-6-22(32)7-10-31)18-34-23-13-20(2)26(28)21(3)14-23/h4-5,8,13-14,22,32H,6-7,9-12,15-18H2,1-3H3. The van der Waals surface area contributed by atoms with Gasteiger partial charge in [0.1, 0.15) is 18.0 Å². The monoisotopic (exact) mass is 501 g/mol. The molecule has 2 aliphatic rings. The number of carbonyl (C=O) groups is 1. The number of aromatic nitrogens is 1. The third-order valence-electron chi connectivity index (χ3n) is 7.02. The van der Waals surface area contributed by atoms with E-state index in [4.69, 9.17) is 21.1 Å². The van der Waals surface area contributed by atoms with E-state index in [-0.39, 0.29) is 25.0 Å². The van der Waals surface area contributed by atoms with Gasteiger partial charge in [0.05, 0.1) is 24.8 Å². The van der Waals surface area contributed by atoms with Gasteiger partial charge in [0.2, 0.25) is 5.91 Å². The molecule has 0 bridgehead atoms. The number of piperidine rings is 1. The molecule has 1 unspecified atom stereocenters. The number of morpholine rings is 1. The minimum atomic E-state index is -0.782. The van der Waals surface area contributed by atoms with Crippen molar-refractivity contribution >= 4 is 17.5 Å². The number of halogens is 1. The summed E-state index contributed by atoms with van der Waals surface area (Å²) in [6.07, 6.45) is 2.95. The Kier molecular flexibility index (Phi) is 8.32. The summed E-state index contributed by atoms with van der Waals surface area (Å²) in [4.78, 5) is 22.0. The quantitative estimate of drug-likeness (QED) is 0.623. The maximum absolute atomic E-state index is 13.3. The molecule has 0 aliphatic carbocycles. The van der Waals surface area contributed by atoms with Gasteiger partial charge in [-0.15, -0.1) is 0 Å². The maximum Gasteiger partial charge on any atom is 0.225 e. The molecule has 1 N–H and O–H groups in total. The molecule has 2 aliphatic heterocycles. The van der Waals surface area contributed by atoms with Crippen molar-refractivity contribution in [2.24, 2.45) is 0 Å². The summed E-state index contributed by atoms with van der Waals surface area (Å²) in [6, 6.07) is 7.86. The number of aliphatic hydroxyl groups excluding tert-OH is 1. The lowest BCUT2D eigenvalue weighted by atomic mass is 9.95. The molecule has 35 heavy (non-hydrogen) atoms. The van der Waals surface area contributed by atoms with Crippen molar-refractivity contribution in [3.05, 3.63) is 57.9 Å². The highest BCUT2D eigenvalue weighted by atomic mass is 35.5. The van der Waals surface area contributed by atoms with Crippen LogP contribution in [0.25, 0.3) is 0 Å². The molecule has 1 aromatic carbocycles. The van der Waals surface area contributed by atoms with E-state index in [1.807, 2.05) is 43.1 Å². The van der Waals surface area contributed by atoms with Gasteiger partial charge < -0.3 is 19.5 Å². The Balaban J connectivity index is 1.52. The largest absolute Gasteiger partial charge is 0.490 e. The third kappa shape index (κ3) is 6.53. The predicted molar refractivity (Wildman–Crippen MR) is 136 cm³/mol. The van der Waals surface area contributed by atoms with Crippen molar-refractivity contribution in [3.63, 3.8) is 0 Å². The maximum atomic E-state index is 13.3. The summed E-state index contributed by atoms with van der Waals surface area (Å²) in [7, 11) is 0. The van der Waals surface area contributed by atoms with Crippen LogP contribution < -0.4 is 4.74 Å². The summed E-state index contributed by atoms with van der Waals surface area (Å²) in [5.41, 5.74) is 3.31. The van der Waals surface area contributed by atoms with Gasteiger partial charge in [-0.3, -0.25) is 14.7 Å². The van der Waals surface area contributed by atoms with Gasteiger partial charge >= 0.3 is 0 Å². The van der Waals surface area contributed by atoms with Crippen molar-refractivity contribution < 1.29 is 19.4 Å². The van der Waals surface area contributed by atoms with Crippen LogP contribution in [0.5, 0.6) is 5.75 Å². The van der Waals surface area contributed by atoms with E-state index < -0.39 is 5.60 Å². The second kappa shape index (κ2) is 11.2. The Morgan fingerprint density at radius 2 is 1.91 bits per heavy atom. The first-order valence-electron chi connectivity index (χ1n) is 12.4. The van der Waals surface area contributed by atoms with Crippen LogP contribution in [-0.4, -0.2) is 76.9 Å². The first kappa shape index (κ1) is 25.9. The summed E-state index contributed by atoms with van der Waals surface area (Å²) in [5, 5.41) is 10.6. The van der Waals surface area contributed by atoms with E-state index in [1.54, 1.807) is 0 Å². The van der Waals surface area contributed by atoms with Crippen molar-refractivity contribution in [2.45, 2.75) is 58.3 Å². The average Bonchev–Trinajstić information content (AvgIpc) is 2.83. The predicted octanol–water partition coefficient (Wildman–Crippen LogP) is 3.68. The van der Waals surface area contributed by atoms with Crippen LogP contribution >= 0.6 is 11.6 Å². The Bertz CT molecular complexity index is 1020. The van der Waals surface area contributed by atoms with Crippen molar-refractivity contribution in [1.82, 2.24) is 14.8 Å². The fourth-order valence-corrected chi connectivity index (χ4v) is 5.02. The van der Waals surface area contributed by atoms with E-state index in [1.165, 1.54) is 0 Å². The molecular weight excluding hydrogens is 466 g/mol. The van der Waals surface area contributed by atoms with E-state index >= 15 is 0 Å². The minimum Gasteiger partial charge on any atom is -0.490 e. The second-order valence-electron chi connectivity index (χ2n) is 9.96. The van der Waals surface area contributed by atoms with Crippen LogP contribution in [0.15, 0.2) is 30.5 Å². The number of nitrogens with zero attached hydrogens (tertiary/aromatic N) is 3. The summed E-state index contributed by atoms with van der Waals surface area (Å²) in [5.74, 6) is 0.762. The second-order valence-corrected chi connectivity index (χ2v) is 10.3. The first-order chi connectivity index (χ1) is 16.7. The molecule has 2 aromatic rings. The van der Waals surface area contributed by atoms with Gasteiger partial charge in [0, 0.05) is 43.9 Å². The van der Waals surface area contributed by atoms with E-state index in [0.717, 1.165) is 39.7 Å². The smallest absolute Gasteiger partial charge is 0.225 e. The lowest BCUT2D eigenvalue weighted by Crippen LogP contribution is -2.57. The molecule has 1 amide bonds. The highest BCUT2D eigenvalue weighted by molar-refractivity contribution is 6.32. The summed E-state index contributed by atoms with van der Waals surface area (Å²) >= 11 is 6.34. The number of hydrogen-bond acceptors (Lipinski definition) is 6. The molecule has 0 radical (unpaired) electrons. The third-order valence-corrected chi connectivity index (χ3v) is 7.62. The van der Waals surface area contributed by atoms with Gasteiger partial charge in [0.25, 0.3) is 0 Å². The highest BCUT2D eigenvalue weighted by Gasteiger charge is 2.41. The van der Waals surface area contributed by atoms with Gasteiger partial charge in [-0.1, -0.05) is 17.7 Å². The number of carbonyl (C=O) groups excluding carboxylic acids is 1. The van der Waals surface area contributed by atoms with Crippen molar-refractivity contribution in [2.75, 3.05) is 39.4 Å². The van der Waals surface area contributed by atoms with E-state index in [9.17, 15) is 9.90 Å². The minimum absolute atomic E-state index is 0.0415. The molecule has 2 saturated heterocycles. The molecule has 8 heteroatoms. The molecular formula is C27H36ClN3O4. The van der Waals surface area contributed by atoms with Crippen LogP contribution in [0.1, 0.15) is 41.6 Å². The molecule has 7 nitrogen and oxygen atoms in total. The Hall–Kier alpha value is -2.19. The molecule has 190 valence electrons. The van der Waals surface area contributed by atoms with Crippen LogP contribution in [0.3, 0.4) is 0 Å². The highest BCUT2D eigenvalue weighted by Crippen LogP contribution is 2.30. The lowest BCUT2D eigenvalue weighted by molar-refractivity contribution is -0.158. The van der Waals surface area contributed by atoms with E-state index in [0.29, 0.717) is 45.6 Å². The molecule has 4 rings (SSSR count). The molecule has 2 fully saturated rings. The molecule has 0 saturated carbocycles. The molecule has 0 spiro atoms.